The van der Waals surface area contributed by atoms with Gasteiger partial charge in [0.05, 0.1) is 4.92 Å². The predicted molar refractivity (Wildman–Crippen MR) is 87.6 cm³/mol. The van der Waals surface area contributed by atoms with Crippen molar-refractivity contribution in [3.63, 3.8) is 0 Å². The summed E-state index contributed by atoms with van der Waals surface area (Å²) in [5.41, 5.74) is 2.09. The van der Waals surface area contributed by atoms with Gasteiger partial charge < -0.3 is 4.57 Å². The maximum absolute atomic E-state index is 10.7. The van der Waals surface area contributed by atoms with Gasteiger partial charge in [0, 0.05) is 41.1 Å². The molecule has 0 saturated heterocycles. The molecule has 0 saturated carbocycles. The number of nitrogens with zero attached hydrogens (tertiary/aromatic N) is 3. The molecule has 22 heavy (non-hydrogen) atoms. The monoisotopic (exact) mass is 357 g/mol. The minimum Gasteiger partial charge on any atom is -0.327 e. The molecule has 0 spiro atoms. The van der Waals surface area contributed by atoms with E-state index in [0.29, 0.717) is 6.54 Å². The van der Waals surface area contributed by atoms with Crippen molar-refractivity contribution in [1.29, 1.82) is 0 Å². The second-order valence-corrected chi connectivity index (χ2v) is 5.72. The fourth-order valence-corrected chi connectivity index (χ4v) is 2.48. The van der Waals surface area contributed by atoms with E-state index >= 15 is 0 Å². The van der Waals surface area contributed by atoms with Crippen LogP contribution in [0.3, 0.4) is 0 Å². The minimum atomic E-state index is -0.405. The zero-order valence-corrected chi connectivity index (χ0v) is 13.1. The molecule has 0 fully saturated rings. The first-order chi connectivity index (χ1) is 10.6. The number of nitro groups is 1. The Kier molecular flexibility index (Phi) is 4.02. The van der Waals surface area contributed by atoms with Gasteiger partial charge in [0.1, 0.15) is 5.82 Å². The Morgan fingerprint density at radius 2 is 1.77 bits per heavy atom. The molecule has 0 aliphatic carbocycles. The maximum Gasteiger partial charge on any atom is 0.269 e. The molecule has 0 atom stereocenters. The van der Waals surface area contributed by atoms with Gasteiger partial charge >= 0.3 is 0 Å². The van der Waals surface area contributed by atoms with Crippen LogP contribution in [0.25, 0.3) is 11.4 Å². The number of benzene rings is 2. The lowest BCUT2D eigenvalue weighted by molar-refractivity contribution is -0.384. The molecule has 2 aromatic carbocycles. The number of imidazole rings is 1. The van der Waals surface area contributed by atoms with Gasteiger partial charge in [-0.05, 0) is 29.8 Å². The summed E-state index contributed by atoms with van der Waals surface area (Å²) in [5.74, 6) is 0.790. The van der Waals surface area contributed by atoms with Crippen molar-refractivity contribution in [1.82, 2.24) is 9.55 Å². The van der Waals surface area contributed by atoms with Crippen LogP contribution in [0, 0.1) is 10.1 Å². The molecule has 3 aromatic rings. The Labute approximate surface area is 135 Å². The van der Waals surface area contributed by atoms with Crippen molar-refractivity contribution in [3.05, 3.63) is 81.1 Å². The summed E-state index contributed by atoms with van der Waals surface area (Å²) in [6.45, 7) is 0.694. The Hall–Kier alpha value is -2.47. The first kappa shape index (κ1) is 14.5. The largest absolute Gasteiger partial charge is 0.327 e. The van der Waals surface area contributed by atoms with E-state index in [9.17, 15) is 10.1 Å². The summed E-state index contributed by atoms with van der Waals surface area (Å²) in [6.07, 6.45) is 3.63. The molecule has 110 valence electrons. The van der Waals surface area contributed by atoms with E-state index in [0.717, 1.165) is 21.4 Å². The predicted octanol–water partition coefficient (Wildman–Crippen LogP) is 4.27. The van der Waals surface area contributed by atoms with Gasteiger partial charge in [-0.3, -0.25) is 10.1 Å². The van der Waals surface area contributed by atoms with Gasteiger partial charge in [0.25, 0.3) is 5.69 Å². The van der Waals surface area contributed by atoms with Crippen molar-refractivity contribution in [2.24, 2.45) is 0 Å². The van der Waals surface area contributed by atoms with E-state index in [4.69, 9.17) is 0 Å². The second-order valence-electron chi connectivity index (χ2n) is 4.81. The Bertz CT molecular complexity index is 795. The summed E-state index contributed by atoms with van der Waals surface area (Å²) >= 11 is 3.42. The van der Waals surface area contributed by atoms with E-state index < -0.39 is 4.92 Å². The third-order valence-electron chi connectivity index (χ3n) is 3.32. The molecule has 0 amide bonds. The number of rotatable bonds is 4. The highest BCUT2D eigenvalue weighted by atomic mass is 79.9. The van der Waals surface area contributed by atoms with Crippen molar-refractivity contribution in [2.75, 3.05) is 0 Å². The Balaban J connectivity index is 1.88. The van der Waals surface area contributed by atoms with Crippen LogP contribution < -0.4 is 0 Å². The molecule has 6 heteroatoms. The van der Waals surface area contributed by atoms with E-state index in [1.165, 1.54) is 12.1 Å². The molecule has 0 radical (unpaired) electrons. The van der Waals surface area contributed by atoms with Gasteiger partial charge in [-0.25, -0.2) is 4.98 Å². The van der Waals surface area contributed by atoms with Crippen molar-refractivity contribution in [2.45, 2.75) is 6.54 Å². The third-order valence-corrected chi connectivity index (χ3v) is 3.85. The normalized spacial score (nSPS) is 10.6. The van der Waals surface area contributed by atoms with Crippen LogP contribution in [0.4, 0.5) is 5.69 Å². The maximum atomic E-state index is 10.7. The average Bonchev–Trinajstić information content (AvgIpc) is 2.98. The SMILES string of the molecule is O=[N+]([O-])c1ccc(-c2nccn2Cc2ccc(Br)cc2)cc1. The smallest absolute Gasteiger partial charge is 0.269 e. The van der Waals surface area contributed by atoms with Crippen molar-refractivity contribution >= 4 is 21.6 Å². The fourth-order valence-electron chi connectivity index (χ4n) is 2.22. The molecule has 0 bridgehead atoms. The lowest BCUT2D eigenvalue weighted by Crippen LogP contribution is -2.01. The Morgan fingerprint density at radius 3 is 2.41 bits per heavy atom. The summed E-state index contributed by atoms with van der Waals surface area (Å²) in [4.78, 5) is 14.7. The van der Waals surface area contributed by atoms with Crippen LogP contribution in [0.5, 0.6) is 0 Å². The van der Waals surface area contributed by atoms with E-state index in [-0.39, 0.29) is 5.69 Å². The molecular formula is C16H12BrN3O2. The first-order valence-electron chi connectivity index (χ1n) is 6.64. The highest BCUT2D eigenvalue weighted by Gasteiger charge is 2.09. The molecule has 0 aliphatic rings. The van der Waals surface area contributed by atoms with Gasteiger partial charge in [-0.1, -0.05) is 28.1 Å². The molecule has 3 rings (SSSR count). The number of aromatic nitrogens is 2. The third kappa shape index (κ3) is 3.07. The van der Waals surface area contributed by atoms with Crippen LogP contribution in [0.1, 0.15) is 5.56 Å². The number of halogens is 1. The van der Waals surface area contributed by atoms with Crippen molar-refractivity contribution in [3.8, 4) is 11.4 Å². The highest BCUT2D eigenvalue weighted by Crippen LogP contribution is 2.22. The fraction of sp³-hybridized carbons (Fsp3) is 0.0625. The first-order valence-corrected chi connectivity index (χ1v) is 7.43. The van der Waals surface area contributed by atoms with E-state index in [1.807, 2.05) is 35.0 Å². The topological polar surface area (TPSA) is 61.0 Å². The standard InChI is InChI=1S/C16H12BrN3O2/c17-14-5-1-12(2-6-14)11-19-10-9-18-16(19)13-3-7-15(8-4-13)20(21)22/h1-10H,11H2. The number of hydrogen-bond acceptors (Lipinski definition) is 3. The summed E-state index contributed by atoms with van der Waals surface area (Å²) in [5, 5.41) is 10.7. The Morgan fingerprint density at radius 1 is 1.09 bits per heavy atom. The molecule has 5 nitrogen and oxygen atoms in total. The summed E-state index contributed by atoms with van der Waals surface area (Å²) < 4.78 is 3.06. The van der Waals surface area contributed by atoms with Crippen LogP contribution >= 0.6 is 15.9 Å². The number of nitro benzene ring substituents is 1. The van der Waals surface area contributed by atoms with Gasteiger partial charge in [-0.15, -0.1) is 0 Å². The summed E-state index contributed by atoms with van der Waals surface area (Å²) in [7, 11) is 0. The molecule has 1 heterocycles. The second kappa shape index (κ2) is 6.11. The average molecular weight is 358 g/mol. The van der Waals surface area contributed by atoms with E-state index in [1.54, 1.807) is 18.3 Å². The highest BCUT2D eigenvalue weighted by molar-refractivity contribution is 9.10. The van der Waals surface area contributed by atoms with Crippen LogP contribution in [-0.2, 0) is 6.54 Å². The zero-order chi connectivity index (χ0) is 15.5. The van der Waals surface area contributed by atoms with E-state index in [2.05, 4.69) is 20.9 Å². The van der Waals surface area contributed by atoms with Crippen LogP contribution in [0.15, 0.2) is 65.4 Å². The minimum absolute atomic E-state index is 0.0785. The lowest BCUT2D eigenvalue weighted by Gasteiger charge is -2.08. The molecule has 1 aromatic heterocycles. The van der Waals surface area contributed by atoms with Crippen LogP contribution in [0.2, 0.25) is 0 Å². The zero-order valence-electron chi connectivity index (χ0n) is 11.5. The molecule has 0 unspecified atom stereocenters. The quantitative estimate of drug-likeness (QED) is 0.517. The van der Waals surface area contributed by atoms with Gasteiger partial charge in [0.15, 0.2) is 0 Å². The molecular weight excluding hydrogens is 346 g/mol. The van der Waals surface area contributed by atoms with Crippen molar-refractivity contribution < 1.29 is 4.92 Å². The summed E-state index contributed by atoms with van der Waals surface area (Å²) in [6, 6.07) is 14.5. The molecule has 0 aliphatic heterocycles. The lowest BCUT2D eigenvalue weighted by atomic mass is 10.2. The van der Waals surface area contributed by atoms with Gasteiger partial charge in [0.2, 0.25) is 0 Å². The van der Waals surface area contributed by atoms with Crippen LogP contribution in [-0.4, -0.2) is 14.5 Å². The number of hydrogen-bond donors (Lipinski definition) is 0. The van der Waals surface area contributed by atoms with Gasteiger partial charge in [-0.2, -0.15) is 0 Å². The molecule has 0 N–H and O–H groups in total. The number of non-ortho nitro benzene ring substituents is 1.